The minimum atomic E-state index is -0.238. The van der Waals surface area contributed by atoms with Crippen LogP contribution in [0.1, 0.15) is 5.56 Å². The van der Waals surface area contributed by atoms with Gasteiger partial charge in [-0.2, -0.15) is 0 Å². The number of amides is 2. The van der Waals surface area contributed by atoms with E-state index in [-0.39, 0.29) is 6.03 Å². The zero-order chi connectivity index (χ0) is 11.8. The van der Waals surface area contributed by atoms with Crippen molar-refractivity contribution in [2.24, 2.45) is 0 Å². The molecule has 0 heterocycles. The van der Waals surface area contributed by atoms with Gasteiger partial charge in [-0.15, -0.1) is 0 Å². The number of benzene rings is 1. The van der Waals surface area contributed by atoms with Crippen LogP contribution in [0.2, 0.25) is 0 Å². The third-order valence-electron chi connectivity index (χ3n) is 2.07. The first-order valence-corrected chi connectivity index (χ1v) is 5.04. The molecule has 0 aliphatic carbocycles. The van der Waals surface area contributed by atoms with Crippen molar-refractivity contribution >= 4 is 6.03 Å². The van der Waals surface area contributed by atoms with E-state index in [0.717, 1.165) is 17.7 Å². The Kier molecular flexibility index (Phi) is 4.92. The highest BCUT2D eigenvalue weighted by molar-refractivity contribution is 5.74. The minimum absolute atomic E-state index is 0.238. The summed E-state index contributed by atoms with van der Waals surface area (Å²) in [5.74, 6) is 0.827. The number of nitrogens with one attached hydrogen (secondary N) is 2. The van der Waals surface area contributed by atoms with Gasteiger partial charge in [0.15, 0.2) is 0 Å². The van der Waals surface area contributed by atoms with Gasteiger partial charge in [0, 0.05) is 6.54 Å². The molecule has 2 N–H and O–H groups in total. The van der Waals surface area contributed by atoms with Gasteiger partial charge in [-0.3, -0.25) is 0 Å². The SMILES string of the molecule is C=CNC(=O)NCCc1cccc(OC)c1. The number of carbonyl (C=O) groups is 1. The highest BCUT2D eigenvalue weighted by Gasteiger charge is 1.98. The van der Waals surface area contributed by atoms with Crippen molar-refractivity contribution in [2.45, 2.75) is 6.42 Å². The summed E-state index contributed by atoms with van der Waals surface area (Å²) in [6, 6.07) is 7.53. The monoisotopic (exact) mass is 220 g/mol. The van der Waals surface area contributed by atoms with Crippen LogP contribution in [0.4, 0.5) is 4.79 Å². The Balaban J connectivity index is 2.36. The van der Waals surface area contributed by atoms with Crippen LogP contribution in [0, 0.1) is 0 Å². The molecular weight excluding hydrogens is 204 g/mol. The molecule has 0 aromatic heterocycles. The lowest BCUT2D eigenvalue weighted by molar-refractivity contribution is 0.244. The minimum Gasteiger partial charge on any atom is -0.497 e. The standard InChI is InChI=1S/C12H16N2O2/c1-3-13-12(15)14-8-7-10-5-4-6-11(9-10)16-2/h3-6,9H,1,7-8H2,2H3,(H2,13,14,15). The number of ether oxygens (including phenoxy) is 1. The van der Waals surface area contributed by atoms with Crippen LogP contribution in [-0.4, -0.2) is 19.7 Å². The zero-order valence-electron chi connectivity index (χ0n) is 9.32. The Morgan fingerprint density at radius 3 is 3.06 bits per heavy atom. The molecule has 0 unspecified atom stereocenters. The van der Waals surface area contributed by atoms with E-state index in [1.165, 1.54) is 6.20 Å². The first-order valence-electron chi connectivity index (χ1n) is 5.04. The second-order valence-corrected chi connectivity index (χ2v) is 3.21. The van der Waals surface area contributed by atoms with Gasteiger partial charge in [-0.25, -0.2) is 4.79 Å². The molecule has 0 saturated heterocycles. The van der Waals surface area contributed by atoms with Crippen molar-refractivity contribution in [3.63, 3.8) is 0 Å². The maximum atomic E-state index is 11.0. The summed E-state index contributed by atoms with van der Waals surface area (Å²) in [5, 5.41) is 5.15. The molecule has 0 bridgehead atoms. The lowest BCUT2D eigenvalue weighted by atomic mass is 10.1. The predicted molar refractivity (Wildman–Crippen MR) is 63.4 cm³/mol. The second-order valence-electron chi connectivity index (χ2n) is 3.21. The van der Waals surface area contributed by atoms with Crippen LogP contribution in [0.5, 0.6) is 5.75 Å². The third-order valence-corrected chi connectivity index (χ3v) is 2.07. The van der Waals surface area contributed by atoms with Crippen LogP contribution < -0.4 is 15.4 Å². The van der Waals surface area contributed by atoms with Crippen molar-refractivity contribution in [3.8, 4) is 5.75 Å². The van der Waals surface area contributed by atoms with Gasteiger partial charge in [0.2, 0.25) is 0 Å². The first kappa shape index (κ1) is 12.1. The topological polar surface area (TPSA) is 50.4 Å². The fourth-order valence-electron chi connectivity index (χ4n) is 1.29. The van der Waals surface area contributed by atoms with E-state index in [1.807, 2.05) is 24.3 Å². The molecule has 4 heteroatoms. The van der Waals surface area contributed by atoms with Crippen LogP contribution in [-0.2, 0) is 6.42 Å². The van der Waals surface area contributed by atoms with Crippen LogP contribution in [0.15, 0.2) is 37.0 Å². The van der Waals surface area contributed by atoms with Crippen molar-refractivity contribution in [3.05, 3.63) is 42.6 Å². The van der Waals surface area contributed by atoms with E-state index in [2.05, 4.69) is 17.2 Å². The Bertz CT molecular complexity index is 364. The lowest BCUT2D eigenvalue weighted by Gasteiger charge is -2.06. The molecule has 16 heavy (non-hydrogen) atoms. The lowest BCUT2D eigenvalue weighted by Crippen LogP contribution is -2.33. The molecular formula is C12H16N2O2. The Morgan fingerprint density at radius 1 is 1.56 bits per heavy atom. The highest BCUT2D eigenvalue weighted by Crippen LogP contribution is 2.12. The maximum absolute atomic E-state index is 11.0. The molecule has 1 aromatic carbocycles. The molecule has 0 radical (unpaired) electrons. The van der Waals surface area contributed by atoms with Gasteiger partial charge in [0.05, 0.1) is 7.11 Å². The predicted octanol–water partition coefficient (Wildman–Crippen LogP) is 1.68. The van der Waals surface area contributed by atoms with Crippen molar-refractivity contribution in [1.82, 2.24) is 10.6 Å². The summed E-state index contributed by atoms with van der Waals surface area (Å²) < 4.78 is 5.11. The molecule has 0 fully saturated rings. The summed E-state index contributed by atoms with van der Waals surface area (Å²) in [6.45, 7) is 3.98. The molecule has 0 saturated carbocycles. The number of methoxy groups -OCH3 is 1. The quantitative estimate of drug-likeness (QED) is 0.793. The van der Waals surface area contributed by atoms with E-state index in [0.29, 0.717) is 6.54 Å². The number of carbonyl (C=O) groups excluding carboxylic acids is 1. The molecule has 1 aromatic rings. The number of hydrogen-bond donors (Lipinski definition) is 2. The summed E-state index contributed by atoms with van der Waals surface area (Å²) in [4.78, 5) is 11.0. The smallest absolute Gasteiger partial charge is 0.318 e. The summed E-state index contributed by atoms with van der Waals surface area (Å²) in [6.07, 6.45) is 2.11. The Morgan fingerprint density at radius 2 is 2.38 bits per heavy atom. The van der Waals surface area contributed by atoms with Gasteiger partial charge >= 0.3 is 6.03 Å². The number of hydrogen-bond acceptors (Lipinski definition) is 2. The molecule has 0 aliphatic heterocycles. The fraction of sp³-hybridized carbons (Fsp3) is 0.250. The van der Waals surface area contributed by atoms with Gasteiger partial charge in [0.1, 0.15) is 5.75 Å². The number of urea groups is 1. The first-order chi connectivity index (χ1) is 7.76. The molecule has 1 rings (SSSR count). The van der Waals surface area contributed by atoms with Gasteiger partial charge in [-0.05, 0) is 30.3 Å². The Labute approximate surface area is 95.3 Å². The molecule has 86 valence electrons. The van der Waals surface area contributed by atoms with Gasteiger partial charge < -0.3 is 15.4 Å². The van der Waals surface area contributed by atoms with E-state index < -0.39 is 0 Å². The highest BCUT2D eigenvalue weighted by atomic mass is 16.5. The zero-order valence-corrected chi connectivity index (χ0v) is 9.32. The van der Waals surface area contributed by atoms with Crippen LogP contribution in [0.25, 0.3) is 0 Å². The summed E-state index contributed by atoms with van der Waals surface area (Å²) >= 11 is 0. The average Bonchev–Trinajstić information content (AvgIpc) is 2.30. The largest absolute Gasteiger partial charge is 0.497 e. The fourth-order valence-corrected chi connectivity index (χ4v) is 1.29. The molecule has 4 nitrogen and oxygen atoms in total. The summed E-state index contributed by atoms with van der Waals surface area (Å²) in [7, 11) is 1.63. The van der Waals surface area contributed by atoms with Gasteiger partial charge in [-0.1, -0.05) is 18.7 Å². The average molecular weight is 220 g/mol. The molecule has 0 aliphatic rings. The number of rotatable bonds is 5. The third kappa shape index (κ3) is 4.04. The van der Waals surface area contributed by atoms with Crippen LogP contribution in [0.3, 0.4) is 0 Å². The molecule has 0 atom stereocenters. The van der Waals surface area contributed by atoms with Crippen molar-refractivity contribution in [1.29, 1.82) is 0 Å². The molecule has 2 amide bonds. The van der Waals surface area contributed by atoms with E-state index >= 15 is 0 Å². The summed E-state index contributed by atoms with van der Waals surface area (Å²) in [5.41, 5.74) is 1.12. The van der Waals surface area contributed by atoms with Crippen LogP contribution >= 0.6 is 0 Å². The normalized spacial score (nSPS) is 9.31. The maximum Gasteiger partial charge on any atom is 0.318 e. The van der Waals surface area contributed by atoms with Crippen molar-refractivity contribution < 1.29 is 9.53 Å². The van der Waals surface area contributed by atoms with E-state index in [9.17, 15) is 4.79 Å². The van der Waals surface area contributed by atoms with E-state index in [4.69, 9.17) is 4.74 Å². The van der Waals surface area contributed by atoms with Gasteiger partial charge in [0.25, 0.3) is 0 Å². The van der Waals surface area contributed by atoms with E-state index in [1.54, 1.807) is 7.11 Å². The second kappa shape index (κ2) is 6.50. The van der Waals surface area contributed by atoms with Crippen molar-refractivity contribution in [2.75, 3.05) is 13.7 Å². The molecule has 0 spiro atoms. The Hall–Kier alpha value is -1.97.